The number of nitriles is 1. The topological polar surface area (TPSA) is 90.2 Å². The minimum Gasteiger partial charge on any atom is -0.480 e. The molecule has 5 nitrogen and oxygen atoms in total. The molecule has 0 aromatic heterocycles. The molecule has 24 heavy (non-hydrogen) atoms. The van der Waals surface area contributed by atoms with Crippen molar-refractivity contribution in [2.24, 2.45) is 0 Å². The van der Waals surface area contributed by atoms with Crippen molar-refractivity contribution in [3.8, 4) is 17.2 Å². The first-order valence-corrected chi connectivity index (χ1v) is 7.72. The van der Waals surface area contributed by atoms with Crippen molar-refractivity contribution < 1.29 is 14.7 Å². The van der Waals surface area contributed by atoms with Crippen molar-refractivity contribution in [3.05, 3.63) is 59.7 Å². The number of hydrogen-bond acceptors (Lipinski definition) is 3. The average Bonchev–Trinajstić information content (AvgIpc) is 2.93. The standard InChI is InChI=1S/C19H16N2O3/c20-11-5-10-16(19(23)24)21-18(22)17-14-8-3-1-6-12(14)13-7-2-4-9-15(13)17/h1-4,6-9,16-17H,5,10H2,(H,21,22)(H,23,24)/t16-/m1/s1. The lowest BCUT2D eigenvalue weighted by molar-refractivity contribution is -0.142. The van der Waals surface area contributed by atoms with E-state index in [0.717, 1.165) is 22.3 Å². The molecule has 0 spiro atoms. The monoisotopic (exact) mass is 320 g/mol. The molecule has 0 bridgehead atoms. The number of rotatable bonds is 5. The molecular weight excluding hydrogens is 304 g/mol. The van der Waals surface area contributed by atoms with Crippen LogP contribution in [-0.2, 0) is 9.59 Å². The number of nitrogens with one attached hydrogen (secondary N) is 1. The maximum Gasteiger partial charge on any atom is 0.326 e. The summed E-state index contributed by atoms with van der Waals surface area (Å²) in [5, 5.41) is 20.5. The van der Waals surface area contributed by atoms with Crippen LogP contribution in [0, 0.1) is 11.3 Å². The molecule has 0 aliphatic heterocycles. The number of carbonyl (C=O) groups excluding carboxylic acids is 1. The smallest absolute Gasteiger partial charge is 0.326 e. The fraction of sp³-hybridized carbons (Fsp3) is 0.211. The summed E-state index contributed by atoms with van der Waals surface area (Å²) in [7, 11) is 0. The minimum atomic E-state index is -1.13. The summed E-state index contributed by atoms with van der Waals surface area (Å²) in [6, 6.07) is 16.1. The van der Waals surface area contributed by atoms with Crippen LogP contribution in [0.15, 0.2) is 48.5 Å². The summed E-state index contributed by atoms with van der Waals surface area (Å²) in [5.74, 6) is -2.00. The van der Waals surface area contributed by atoms with Crippen LogP contribution >= 0.6 is 0 Å². The Morgan fingerprint density at radius 3 is 2.12 bits per heavy atom. The van der Waals surface area contributed by atoms with Gasteiger partial charge in [0.05, 0.1) is 12.0 Å². The number of carboxylic acids is 1. The summed E-state index contributed by atoms with van der Waals surface area (Å²) in [5.41, 5.74) is 3.75. The highest BCUT2D eigenvalue weighted by Gasteiger charge is 2.35. The number of amides is 1. The molecule has 5 heteroatoms. The van der Waals surface area contributed by atoms with E-state index in [2.05, 4.69) is 5.32 Å². The second kappa shape index (κ2) is 6.55. The Labute approximate surface area is 139 Å². The first-order chi connectivity index (χ1) is 11.6. The van der Waals surface area contributed by atoms with E-state index in [0.29, 0.717) is 0 Å². The molecule has 1 aliphatic carbocycles. The van der Waals surface area contributed by atoms with Crippen LogP contribution in [0.4, 0.5) is 0 Å². The van der Waals surface area contributed by atoms with Crippen molar-refractivity contribution in [2.45, 2.75) is 24.8 Å². The third-order valence-electron chi connectivity index (χ3n) is 4.26. The Hall–Kier alpha value is -3.13. The third-order valence-corrected chi connectivity index (χ3v) is 4.26. The second-order valence-corrected chi connectivity index (χ2v) is 5.70. The lowest BCUT2D eigenvalue weighted by Crippen LogP contribution is -2.42. The molecule has 1 aliphatic rings. The van der Waals surface area contributed by atoms with E-state index >= 15 is 0 Å². The molecule has 0 saturated carbocycles. The number of aliphatic carboxylic acids is 1. The highest BCUT2D eigenvalue weighted by molar-refractivity contribution is 5.97. The number of nitrogens with zero attached hydrogens (tertiary/aromatic N) is 1. The van der Waals surface area contributed by atoms with E-state index in [4.69, 9.17) is 5.26 Å². The quantitative estimate of drug-likeness (QED) is 0.886. The van der Waals surface area contributed by atoms with E-state index in [1.165, 1.54) is 0 Å². The van der Waals surface area contributed by atoms with Gasteiger partial charge in [0.25, 0.3) is 0 Å². The van der Waals surface area contributed by atoms with Gasteiger partial charge in [-0.3, -0.25) is 4.79 Å². The molecule has 1 atom stereocenters. The molecule has 0 unspecified atom stereocenters. The van der Waals surface area contributed by atoms with Crippen LogP contribution in [0.5, 0.6) is 0 Å². The van der Waals surface area contributed by atoms with E-state index < -0.39 is 17.9 Å². The van der Waals surface area contributed by atoms with E-state index in [1.807, 2.05) is 54.6 Å². The Balaban J connectivity index is 1.92. The van der Waals surface area contributed by atoms with Crippen molar-refractivity contribution >= 4 is 11.9 Å². The first-order valence-electron chi connectivity index (χ1n) is 7.72. The number of carbonyl (C=O) groups is 2. The lowest BCUT2D eigenvalue weighted by Gasteiger charge is -2.18. The zero-order valence-corrected chi connectivity index (χ0v) is 12.9. The van der Waals surface area contributed by atoms with Crippen LogP contribution in [-0.4, -0.2) is 23.0 Å². The van der Waals surface area contributed by atoms with E-state index in [-0.39, 0.29) is 18.7 Å². The highest BCUT2D eigenvalue weighted by atomic mass is 16.4. The van der Waals surface area contributed by atoms with Gasteiger partial charge < -0.3 is 10.4 Å². The number of fused-ring (bicyclic) bond motifs is 3. The van der Waals surface area contributed by atoms with Crippen molar-refractivity contribution in [1.29, 1.82) is 5.26 Å². The fourth-order valence-corrected chi connectivity index (χ4v) is 3.16. The molecule has 0 radical (unpaired) electrons. The molecule has 120 valence electrons. The zero-order chi connectivity index (χ0) is 17.1. The largest absolute Gasteiger partial charge is 0.480 e. The fourth-order valence-electron chi connectivity index (χ4n) is 3.16. The van der Waals surface area contributed by atoms with Gasteiger partial charge in [-0.25, -0.2) is 4.79 Å². The SMILES string of the molecule is N#CCC[C@@H](NC(=O)C1c2ccccc2-c2ccccc21)C(=O)O. The van der Waals surface area contributed by atoms with Crippen molar-refractivity contribution in [3.63, 3.8) is 0 Å². The van der Waals surface area contributed by atoms with Crippen LogP contribution < -0.4 is 5.32 Å². The molecule has 0 fully saturated rings. The third kappa shape index (κ3) is 2.74. The molecule has 2 aromatic rings. The maximum absolute atomic E-state index is 12.8. The second-order valence-electron chi connectivity index (χ2n) is 5.70. The average molecular weight is 320 g/mol. The Bertz CT molecular complexity index is 793. The summed E-state index contributed by atoms with van der Waals surface area (Å²) in [6.45, 7) is 0. The summed E-state index contributed by atoms with van der Waals surface area (Å²) in [4.78, 5) is 24.1. The minimum absolute atomic E-state index is 0.0785. The van der Waals surface area contributed by atoms with Gasteiger partial charge in [0, 0.05) is 6.42 Å². The normalized spacial score (nSPS) is 13.5. The van der Waals surface area contributed by atoms with E-state index in [1.54, 1.807) is 0 Å². The van der Waals surface area contributed by atoms with Gasteiger partial charge in [0.2, 0.25) is 5.91 Å². The van der Waals surface area contributed by atoms with Gasteiger partial charge in [-0.1, -0.05) is 48.5 Å². The van der Waals surface area contributed by atoms with Crippen molar-refractivity contribution in [1.82, 2.24) is 5.32 Å². The van der Waals surface area contributed by atoms with Gasteiger partial charge in [-0.2, -0.15) is 5.26 Å². The number of carboxylic acid groups (broad SMARTS) is 1. The van der Waals surface area contributed by atoms with Gasteiger partial charge in [-0.05, 0) is 28.7 Å². The molecule has 0 saturated heterocycles. The molecule has 2 aromatic carbocycles. The molecule has 1 amide bonds. The first kappa shape index (κ1) is 15.8. The summed E-state index contributed by atoms with van der Waals surface area (Å²) >= 11 is 0. The van der Waals surface area contributed by atoms with Gasteiger partial charge in [-0.15, -0.1) is 0 Å². The van der Waals surface area contributed by atoms with E-state index in [9.17, 15) is 14.7 Å². The number of benzene rings is 2. The summed E-state index contributed by atoms with van der Waals surface area (Å²) in [6.07, 6.45) is 0.169. The van der Waals surface area contributed by atoms with Crippen LogP contribution in [0.25, 0.3) is 11.1 Å². The van der Waals surface area contributed by atoms with Gasteiger partial charge in [0.15, 0.2) is 0 Å². The maximum atomic E-state index is 12.8. The molecular formula is C19H16N2O3. The van der Waals surface area contributed by atoms with Crippen LogP contribution in [0.1, 0.15) is 29.9 Å². The molecule has 2 N–H and O–H groups in total. The highest BCUT2D eigenvalue weighted by Crippen LogP contribution is 2.44. The Morgan fingerprint density at radius 2 is 1.62 bits per heavy atom. The molecule has 3 rings (SSSR count). The predicted octanol–water partition coefficient (Wildman–Crippen LogP) is 2.67. The lowest BCUT2D eigenvalue weighted by atomic mass is 9.95. The Kier molecular flexibility index (Phi) is 4.30. The predicted molar refractivity (Wildman–Crippen MR) is 88.1 cm³/mol. The van der Waals surface area contributed by atoms with Gasteiger partial charge in [0.1, 0.15) is 6.04 Å². The van der Waals surface area contributed by atoms with Gasteiger partial charge >= 0.3 is 5.97 Å². The van der Waals surface area contributed by atoms with Crippen molar-refractivity contribution in [2.75, 3.05) is 0 Å². The van der Waals surface area contributed by atoms with Crippen LogP contribution in [0.2, 0.25) is 0 Å². The zero-order valence-electron chi connectivity index (χ0n) is 12.9. The van der Waals surface area contributed by atoms with Crippen LogP contribution in [0.3, 0.4) is 0 Å². The Morgan fingerprint density at radius 1 is 1.08 bits per heavy atom. The summed E-state index contributed by atoms with van der Waals surface area (Å²) < 4.78 is 0. The number of hydrogen-bond donors (Lipinski definition) is 2. The molecule has 0 heterocycles.